The Kier molecular flexibility index (Phi) is 3.43. The Hall–Kier alpha value is -1.41. The lowest BCUT2D eigenvalue weighted by Gasteiger charge is -2.24. The molecule has 17 heavy (non-hydrogen) atoms. The van der Waals surface area contributed by atoms with Crippen molar-refractivity contribution in [2.45, 2.75) is 39.3 Å². The predicted molar refractivity (Wildman–Crippen MR) is 73.0 cm³/mol. The minimum absolute atomic E-state index is 0.178. The minimum Gasteiger partial charge on any atom is -0.308 e. The average Bonchev–Trinajstić information content (AvgIpc) is 2.36. The quantitative estimate of drug-likeness (QED) is 0.866. The molecule has 0 fully saturated rings. The third kappa shape index (κ3) is 2.83. The molecule has 0 bridgehead atoms. The lowest BCUT2D eigenvalue weighted by Crippen LogP contribution is -2.37. The predicted octanol–water partition coefficient (Wildman–Crippen LogP) is 3.51. The fourth-order valence-corrected chi connectivity index (χ4v) is 1.77. The van der Waals surface area contributed by atoms with Crippen LogP contribution in [0, 0.1) is 0 Å². The van der Waals surface area contributed by atoms with Gasteiger partial charge in [0.25, 0.3) is 0 Å². The normalized spacial score (nSPS) is 11.9. The summed E-state index contributed by atoms with van der Waals surface area (Å²) in [5.74, 6) is 0. The van der Waals surface area contributed by atoms with Gasteiger partial charge in [0.05, 0.1) is 5.52 Å². The van der Waals surface area contributed by atoms with Gasteiger partial charge in [-0.05, 0) is 31.9 Å². The summed E-state index contributed by atoms with van der Waals surface area (Å²) in [6.07, 6.45) is 2.97. The number of nitrogens with zero attached hydrogens (tertiary/aromatic N) is 1. The second-order valence-corrected chi connectivity index (χ2v) is 5.08. The smallest absolute Gasteiger partial charge is 0.0746 e. The number of benzene rings is 1. The molecule has 0 aliphatic rings. The van der Waals surface area contributed by atoms with Crippen molar-refractivity contribution in [3.8, 4) is 0 Å². The molecule has 0 radical (unpaired) electrons. The molecular formula is C15H20N2. The zero-order chi connectivity index (χ0) is 12.3. The van der Waals surface area contributed by atoms with E-state index in [0.717, 1.165) is 18.5 Å². The molecule has 0 aliphatic heterocycles. The lowest BCUT2D eigenvalue weighted by molar-refractivity contribution is 0.375. The molecule has 0 saturated heterocycles. The van der Waals surface area contributed by atoms with Crippen LogP contribution in [0.4, 0.5) is 0 Å². The number of fused-ring (bicyclic) bond motifs is 1. The van der Waals surface area contributed by atoms with E-state index < -0.39 is 0 Å². The Morgan fingerprint density at radius 3 is 2.71 bits per heavy atom. The van der Waals surface area contributed by atoms with E-state index in [1.807, 2.05) is 12.3 Å². The summed E-state index contributed by atoms with van der Waals surface area (Å²) < 4.78 is 0. The van der Waals surface area contributed by atoms with Crippen LogP contribution in [0.15, 0.2) is 36.5 Å². The maximum absolute atomic E-state index is 4.47. The summed E-state index contributed by atoms with van der Waals surface area (Å²) in [6, 6.07) is 10.4. The number of aromatic nitrogens is 1. The van der Waals surface area contributed by atoms with Crippen LogP contribution in [0.5, 0.6) is 0 Å². The summed E-state index contributed by atoms with van der Waals surface area (Å²) in [5, 5.41) is 4.79. The number of pyridine rings is 1. The van der Waals surface area contributed by atoms with Gasteiger partial charge in [-0.1, -0.05) is 31.2 Å². The molecule has 1 aromatic carbocycles. The Morgan fingerprint density at radius 1 is 1.18 bits per heavy atom. The second-order valence-electron chi connectivity index (χ2n) is 5.08. The molecule has 1 N–H and O–H groups in total. The van der Waals surface area contributed by atoms with E-state index >= 15 is 0 Å². The highest BCUT2D eigenvalue weighted by Gasteiger charge is 2.14. The molecule has 0 atom stereocenters. The van der Waals surface area contributed by atoms with Gasteiger partial charge in [-0.3, -0.25) is 4.98 Å². The molecule has 2 aromatic rings. The van der Waals surface area contributed by atoms with Gasteiger partial charge in [0.2, 0.25) is 0 Å². The van der Waals surface area contributed by atoms with Gasteiger partial charge in [0.1, 0.15) is 0 Å². The molecule has 0 aliphatic carbocycles. The van der Waals surface area contributed by atoms with E-state index in [2.05, 4.69) is 55.3 Å². The highest BCUT2D eigenvalue weighted by molar-refractivity contribution is 5.81. The van der Waals surface area contributed by atoms with E-state index in [0.29, 0.717) is 0 Å². The lowest BCUT2D eigenvalue weighted by atomic mass is 10.0. The third-order valence-electron chi connectivity index (χ3n) is 3.36. The number of nitrogens with one attached hydrogen (secondary N) is 1. The van der Waals surface area contributed by atoms with Crippen LogP contribution >= 0.6 is 0 Å². The largest absolute Gasteiger partial charge is 0.308 e. The first-order chi connectivity index (χ1) is 8.12. The fourth-order valence-electron chi connectivity index (χ4n) is 1.77. The fraction of sp³-hybridized carbons (Fsp3) is 0.400. The SMILES string of the molecule is CCC(C)(C)NCc1cccc2cccnc12. The van der Waals surface area contributed by atoms with Crippen LogP contribution in [0.25, 0.3) is 10.9 Å². The number of para-hydroxylation sites is 1. The van der Waals surface area contributed by atoms with Crippen molar-refractivity contribution >= 4 is 10.9 Å². The van der Waals surface area contributed by atoms with Crippen LogP contribution < -0.4 is 5.32 Å². The topological polar surface area (TPSA) is 24.9 Å². The number of hydrogen-bond donors (Lipinski definition) is 1. The van der Waals surface area contributed by atoms with Gasteiger partial charge < -0.3 is 5.32 Å². The van der Waals surface area contributed by atoms with Crippen molar-refractivity contribution in [1.29, 1.82) is 0 Å². The molecule has 2 nitrogen and oxygen atoms in total. The molecule has 90 valence electrons. The average molecular weight is 228 g/mol. The monoisotopic (exact) mass is 228 g/mol. The van der Waals surface area contributed by atoms with Crippen LogP contribution in [-0.2, 0) is 6.54 Å². The van der Waals surface area contributed by atoms with Crippen molar-refractivity contribution in [3.05, 3.63) is 42.1 Å². The highest BCUT2D eigenvalue weighted by Crippen LogP contribution is 2.17. The summed E-state index contributed by atoms with van der Waals surface area (Å²) in [7, 11) is 0. The molecular weight excluding hydrogens is 208 g/mol. The molecule has 0 unspecified atom stereocenters. The Balaban J connectivity index is 2.24. The van der Waals surface area contributed by atoms with Gasteiger partial charge >= 0.3 is 0 Å². The first-order valence-electron chi connectivity index (χ1n) is 6.20. The highest BCUT2D eigenvalue weighted by atomic mass is 14.9. The standard InChI is InChI=1S/C15H20N2/c1-4-15(2,3)17-11-13-8-5-7-12-9-6-10-16-14(12)13/h5-10,17H,4,11H2,1-3H3. The van der Waals surface area contributed by atoms with Crippen LogP contribution in [0.1, 0.15) is 32.8 Å². The summed E-state index contributed by atoms with van der Waals surface area (Å²) in [6.45, 7) is 7.53. The number of hydrogen-bond acceptors (Lipinski definition) is 2. The van der Waals surface area contributed by atoms with Gasteiger partial charge in [0.15, 0.2) is 0 Å². The number of rotatable bonds is 4. The van der Waals surface area contributed by atoms with Gasteiger partial charge in [0, 0.05) is 23.7 Å². The van der Waals surface area contributed by atoms with Crippen molar-refractivity contribution in [3.63, 3.8) is 0 Å². The molecule has 2 rings (SSSR count). The van der Waals surface area contributed by atoms with E-state index in [4.69, 9.17) is 0 Å². The first-order valence-corrected chi connectivity index (χ1v) is 6.20. The molecule has 1 heterocycles. The summed E-state index contributed by atoms with van der Waals surface area (Å²) >= 11 is 0. The van der Waals surface area contributed by atoms with E-state index in [1.165, 1.54) is 10.9 Å². The summed E-state index contributed by atoms with van der Waals surface area (Å²) in [4.78, 5) is 4.47. The maximum atomic E-state index is 4.47. The van der Waals surface area contributed by atoms with Crippen LogP contribution in [-0.4, -0.2) is 10.5 Å². The van der Waals surface area contributed by atoms with Crippen LogP contribution in [0.2, 0.25) is 0 Å². The Bertz CT molecular complexity index is 498. The van der Waals surface area contributed by atoms with E-state index in [9.17, 15) is 0 Å². The molecule has 1 aromatic heterocycles. The zero-order valence-corrected chi connectivity index (χ0v) is 10.8. The van der Waals surface area contributed by atoms with Crippen molar-refractivity contribution in [1.82, 2.24) is 10.3 Å². The van der Waals surface area contributed by atoms with Gasteiger partial charge in [-0.25, -0.2) is 0 Å². The molecule has 0 amide bonds. The minimum atomic E-state index is 0.178. The molecule has 2 heteroatoms. The Morgan fingerprint density at radius 2 is 1.94 bits per heavy atom. The third-order valence-corrected chi connectivity index (χ3v) is 3.36. The maximum Gasteiger partial charge on any atom is 0.0746 e. The molecule has 0 saturated carbocycles. The first kappa shape index (κ1) is 12.1. The van der Waals surface area contributed by atoms with Crippen molar-refractivity contribution < 1.29 is 0 Å². The van der Waals surface area contributed by atoms with Gasteiger partial charge in [-0.15, -0.1) is 0 Å². The zero-order valence-electron chi connectivity index (χ0n) is 10.8. The van der Waals surface area contributed by atoms with Crippen molar-refractivity contribution in [2.24, 2.45) is 0 Å². The van der Waals surface area contributed by atoms with E-state index in [-0.39, 0.29) is 5.54 Å². The molecule has 0 spiro atoms. The Labute approximate surface area is 103 Å². The van der Waals surface area contributed by atoms with Crippen LogP contribution in [0.3, 0.4) is 0 Å². The van der Waals surface area contributed by atoms with Gasteiger partial charge in [-0.2, -0.15) is 0 Å². The summed E-state index contributed by atoms with van der Waals surface area (Å²) in [5.41, 5.74) is 2.55. The van der Waals surface area contributed by atoms with Crippen molar-refractivity contribution in [2.75, 3.05) is 0 Å². The van der Waals surface area contributed by atoms with E-state index in [1.54, 1.807) is 0 Å². The second kappa shape index (κ2) is 4.84.